The van der Waals surface area contributed by atoms with E-state index in [0.29, 0.717) is 24.7 Å². The average molecular weight is 241 g/mol. The van der Waals surface area contributed by atoms with Gasteiger partial charge in [0.25, 0.3) is 0 Å². The predicted octanol–water partition coefficient (Wildman–Crippen LogP) is 1.07. The van der Waals surface area contributed by atoms with Gasteiger partial charge in [0.2, 0.25) is 0 Å². The van der Waals surface area contributed by atoms with Crippen LogP contribution in [0.1, 0.15) is 18.0 Å². The van der Waals surface area contributed by atoms with Crippen molar-refractivity contribution in [2.75, 3.05) is 13.2 Å². The number of halogens is 1. The van der Waals surface area contributed by atoms with Gasteiger partial charge in [-0.3, -0.25) is 4.79 Å². The number of carboxylic acids is 1. The molecule has 3 N–H and O–H groups in total. The van der Waals surface area contributed by atoms with Crippen molar-refractivity contribution in [3.05, 3.63) is 23.5 Å². The number of aliphatic carboxylic acids is 1. The van der Waals surface area contributed by atoms with Gasteiger partial charge < -0.3 is 20.3 Å². The molecule has 92 valence electrons. The van der Waals surface area contributed by atoms with Crippen LogP contribution in [0.4, 0.5) is 4.39 Å². The van der Waals surface area contributed by atoms with Crippen molar-refractivity contribution in [2.24, 2.45) is 5.73 Å². The van der Waals surface area contributed by atoms with Gasteiger partial charge in [-0.1, -0.05) is 0 Å². The van der Waals surface area contributed by atoms with Crippen LogP contribution < -0.4 is 15.2 Å². The van der Waals surface area contributed by atoms with Crippen molar-refractivity contribution in [3.63, 3.8) is 0 Å². The lowest BCUT2D eigenvalue weighted by atomic mass is 10.0. The minimum Gasteiger partial charge on any atom is -0.486 e. The number of hydrogen-bond acceptors (Lipinski definition) is 4. The van der Waals surface area contributed by atoms with Crippen LogP contribution in [0.15, 0.2) is 12.1 Å². The second-order valence-corrected chi connectivity index (χ2v) is 3.72. The summed E-state index contributed by atoms with van der Waals surface area (Å²) < 4.78 is 24.1. The Labute approximate surface area is 96.9 Å². The lowest BCUT2D eigenvalue weighted by molar-refractivity contribution is -0.137. The summed E-state index contributed by atoms with van der Waals surface area (Å²) in [5.41, 5.74) is 5.73. The van der Waals surface area contributed by atoms with Gasteiger partial charge in [-0.25, -0.2) is 4.39 Å². The van der Waals surface area contributed by atoms with Crippen LogP contribution in [0, 0.1) is 5.82 Å². The summed E-state index contributed by atoms with van der Waals surface area (Å²) in [6.45, 7) is 0.749. The van der Waals surface area contributed by atoms with Crippen LogP contribution in [0.2, 0.25) is 0 Å². The number of benzene rings is 1. The molecule has 5 nitrogen and oxygen atoms in total. The molecular formula is C11H12FNO4. The average Bonchev–Trinajstić information content (AvgIpc) is 2.27. The number of hydrogen-bond donors (Lipinski definition) is 2. The van der Waals surface area contributed by atoms with Crippen molar-refractivity contribution in [3.8, 4) is 11.5 Å². The molecule has 0 spiro atoms. The van der Waals surface area contributed by atoms with E-state index in [2.05, 4.69) is 0 Å². The van der Waals surface area contributed by atoms with Gasteiger partial charge >= 0.3 is 5.97 Å². The summed E-state index contributed by atoms with van der Waals surface area (Å²) in [5, 5.41) is 8.62. The zero-order chi connectivity index (χ0) is 12.4. The van der Waals surface area contributed by atoms with Crippen LogP contribution in [0.5, 0.6) is 11.5 Å². The van der Waals surface area contributed by atoms with Crippen LogP contribution >= 0.6 is 0 Å². The van der Waals surface area contributed by atoms with Gasteiger partial charge in [-0.15, -0.1) is 0 Å². The Hall–Kier alpha value is -1.82. The fraction of sp³-hybridized carbons (Fsp3) is 0.364. The Balaban J connectivity index is 2.31. The summed E-state index contributed by atoms with van der Waals surface area (Å²) >= 11 is 0. The van der Waals surface area contributed by atoms with E-state index in [9.17, 15) is 9.18 Å². The van der Waals surface area contributed by atoms with E-state index in [1.165, 1.54) is 12.1 Å². The maximum atomic E-state index is 13.7. The third-order valence-corrected chi connectivity index (χ3v) is 2.46. The first-order chi connectivity index (χ1) is 8.08. The second kappa shape index (κ2) is 4.58. The molecule has 0 amide bonds. The van der Waals surface area contributed by atoms with Gasteiger partial charge in [0.15, 0.2) is 11.5 Å². The Kier molecular flexibility index (Phi) is 3.14. The Bertz CT molecular complexity index is 449. The molecule has 0 fully saturated rings. The maximum absolute atomic E-state index is 13.7. The zero-order valence-electron chi connectivity index (χ0n) is 8.98. The van der Waals surface area contributed by atoms with Crippen LogP contribution in [-0.2, 0) is 4.79 Å². The van der Waals surface area contributed by atoms with Crippen molar-refractivity contribution in [2.45, 2.75) is 12.5 Å². The number of carbonyl (C=O) groups is 1. The summed E-state index contributed by atoms with van der Waals surface area (Å²) in [7, 11) is 0. The highest BCUT2D eigenvalue weighted by atomic mass is 19.1. The number of nitrogens with two attached hydrogens (primary N) is 1. The summed E-state index contributed by atoms with van der Waals surface area (Å²) in [6, 6.07) is 1.67. The molecule has 0 saturated heterocycles. The molecule has 1 aromatic carbocycles. The lowest BCUT2D eigenvalue weighted by Crippen LogP contribution is -2.19. The first kappa shape index (κ1) is 11.7. The highest BCUT2D eigenvalue weighted by Gasteiger charge is 2.20. The lowest BCUT2D eigenvalue weighted by Gasteiger charge is -2.20. The van der Waals surface area contributed by atoms with E-state index in [0.717, 1.165) is 0 Å². The van der Waals surface area contributed by atoms with Crippen LogP contribution in [0.25, 0.3) is 0 Å². The fourth-order valence-electron chi connectivity index (χ4n) is 1.66. The molecule has 0 saturated carbocycles. The topological polar surface area (TPSA) is 81.8 Å². The summed E-state index contributed by atoms with van der Waals surface area (Å²) in [5.74, 6) is -0.941. The first-order valence-electron chi connectivity index (χ1n) is 5.14. The first-order valence-corrected chi connectivity index (χ1v) is 5.14. The number of ether oxygens (including phenoxy) is 2. The third-order valence-electron chi connectivity index (χ3n) is 2.46. The SMILES string of the molecule is NC(CC(=O)O)c1cc2c(cc1F)OCCO2. The van der Waals surface area contributed by atoms with E-state index in [1.807, 2.05) is 0 Å². The molecule has 1 aliphatic heterocycles. The van der Waals surface area contributed by atoms with Crippen molar-refractivity contribution >= 4 is 5.97 Å². The molecule has 0 bridgehead atoms. The Morgan fingerprint density at radius 3 is 2.59 bits per heavy atom. The normalized spacial score (nSPS) is 15.4. The van der Waals surface area contributed by atoms with Crippen LogP contribution in [-0.4, -0.2) is 24.3 Å². The Morgan fingerprint density at radius 1 is 1.41 bits per heavy atom. The van der Waals surface area contributed by atoms with Crippen LogP contribution in [0.3, 0.4) is 0 Å². The monoisotopic (exact) mass is 241 g/mol. The van der Waals surface area contributed by atoms with Gasteiger partial charge in [0.1, 0.15) is 19.0 Å². The second-order valence-electron chi connectivity index (χ2n) is 3.72. The van der Waals surface area contributed by atoms with Gasteiger partial charge in [-0.05, 0) is 6.07 Å². The Morgan fingerprint density at radius 2 is 2.00 bits per heavy atom. The smallest absolute Gasteiger partial charge is 0.305 e. The molecule has 1 unspecified atom stereocenters. The third kappa shape index (κ3) is 2.47. The van der Waals surface area contributed by atoms with Gasteiger partial charge in [0.05, 0.1) is 6.42 Å². The largest absolute Gasteiger partial charge is 0.486 e. The fourth-order valence-corrected chi connectivity index (χ4v) is 1.66. The molecule has 1 heterocycles. The molecule has 6 heteroatoms. The van der Waals surface area contributed by atoms with Crippen molar-refractivity contribution in [1.82, 2.24) is 0 Å². The molecule has 2 rings (SSSR count). The van der Waals surface area contributed by atoms with E-state index in [1.54, 1.807) is 0 Å². The summed E-state index contributed by atoms with van der Waals surface area (Å²) in [4.78, 5) is 10.5. The standard InChI is InChI=1S/C11H12FNO4/c12-7-4-10-9(16-1-2-17-10)3-6(7)8(13)5-11(14)15/h3-4,8H,1-2,5,13H2,(H,14,15). The molecule has 0 radical (unpaired) electrons. The van der Waals surface area contributed by atoms with Gasteiger partial charge in [-0.2, -0.15) is 0 Å². The number of rotatable bonds is 3. The highest BCUT2D eigenvalue weighted by Crippen LogP contribution is 2.34. The van der Waals surface area contributed by atoms with E-state index in [-0.39, 0.29) is 12.0 Å². The van der Waals surface area contributed by atoms with E-state index < -0.39 is 17.8 Å². The van der Waals surface area contributed by atoms with Crippen molar-refractivity contribution in [1.29, 1.82) is 0 Å². The molecular weight excluding hydrogens is 229 g/mol. The van der Waals surface area contributed by atoms with E-state index >= 15 is 0 Å². The van der Waals surface area contributed by atoms with Gasteiger partial charge in [0, 0.05) is 17.7 Å². The quantitative estimate of drug-likeness (QED) is 0.827. The molecule has 1 atom stereocenters. The molecule has 0 aromatic heterocycles. The number of carboxylic acid groups (broad SMARTS) is 1. The highest BCUT2D eigenvalue weighted by molar-refractivity contribution is 5.68. The predicted molar refractivity (Wildman–Crippen MR) is 56.6 cm³/mol. The molecule has 1 aromatic rings. The zero-order valence-corrected chi connectivity index (χ0v) is 8.98. The molecule has 1 aliphatic rings. The summed E-state index contributed by atoms with van der Waals surface area (Å²) in [6.07, 6.45) is -0.337. The minimum atomic E-state index is -1.08. The molecule has 17 heavy (non-hydrogen) atoms. The van der Waals surface area contributed by atoms with Crippen molar-refractivity contribution < 1.29 is 23.8 Å². The van der Waals surface area contributed by atoms with E-state index in [4.69, 9.17) is 20.3 Å². The minimum absolute atomic E-state index is 0.122. The molecule has 0 aliphatic carbocycles. The number of fused-ring (bicyclic) bond motifs is 1. The maximum Gasteiger partial charge on any atom is 0.305 e.